The summed E-state index contributed by atoms with van der Waals surface area (Å²) in [5, 5.41) is 16.4. The Morgan fingerprint density at radius 2 is 1.87 bits per heavy atom. The monoisotopic (exact) mass is 766 g/mol. The molecule has 6 aliphatic rings. The summed E-state index contributed by atoms with van der Waals surface area (Å²) < 4.78 is 19.8. The fourth-order valence-corrected chi connectivity index (χ4v) is 10.8. The number of piperidine rings is 1. The smallest absolute Gasteiger partial charge is 0.226 e. The Balaban J connectivity index is 1.21. The van der Waals surface area contributed by atoms with Crippen LogP contribution in [0.5, 0.6) is 0 Å². The molecule has 2 aromatic heterocycles. The van der Waals surface area contributed by atoms with Gasteiger partial charge in [-0.25, -0.2) is 9.37 Å². The van der Waals surface area contributed by atoms with Gasteiger partial charge in [0.25, 0.3) is 0 Å². The van der Waals surface area contributed by atoms with E-state index in [4.69, 9.17) is 39.8 Å². The summed E-state index contributed by atoms with van der Waals surface area (Å²) in [5.74, 6) is 0.501. The van der Waals surface area contributed by atoms with E-state index in [2.05, 4.69) is 37.9 Å². The van der Waals surface area contributed by atoms with E-state index in [0.717, 1.165) is 78.7 Å². The molecule has 11 heteroatoms. The van der Waals surface area contributed by atoms with Crippen LogP contribution in [0, 0.1) is 41.8 Å². The van der Waals surface area contributed by atoms with Crippen LogP contribution in [0.4, 0.5) is 10.1 Å². The molecule has 2 aliphatic carbocycles. The van der Waals surface area contributed by atoms with Gasteiger partial charge in [-0.15, -0.1) is 0 Å². The van der Waals surface area contributed by atoms with Crippen LogP contribution in [0.2, 0.25) is 15.1 Å². The Hall–Kier alpha value is -3.87. The van der Waals surface area contributed by atoms with Crippen molar-refractivity contribution in [1.29, 1.82) is 5.26 Å². The Bertz CT molecular complexity index is 2390. The zero-order valence-electron chi connectivity index (χ0n) is 29.3. The molecule has 6 heterocycles. The number of nitrogens with zero attached hydrogens (tertiary/aromatic N) is 5. The van der Waals surface area contributed by atoms with Crippen LogP contribution in [0.1, 0.15) is 61.1 Å². The molecule has 4 aliphatic heterocycles. The van der Waals surface area contributed by atoms with E-state index >= 15 is 4.39 Å². The van der Waals surface area contributed by atoms with Crippen molar-refractivity contribution in [1.82, 2.24) is 19.8 Å². The maximum absolute atomic E-state index is 17.3. The first kappa shape index (κ1) is 33.7. The van der Waals surface area contributed by atoms with Gasteiger partial charge in [0.1, 0.15) is 5.52 Å². The van der Waals surface area contributed by atoms with Gasteiger partial charge in [0, 0.05) is 87.9 Å². The molecule has 0 spiro atoms. The van der Waals surface area contributed by atoms with E-state index in [-0.39, 0.29) is 52.8 Å². The Morgan fingerprint density at radius 1 is 1.04 bits per heavy atom. The maximum Gasteiger partial charge on any atom is 0.226 e. The van der Waals surface area contributed by atoms with Gasteiger partial charge in [-0.05, 0) is 86.9 Å². The van der Waals surface area contributed by atoms with Gasteiger partial charge < -0.3 is 19.7 Å². The molecule has 6 atom stereocenters. The summed E-state index contributed by atoms with van der Waals surface area (Å²) in [4.78, 5) is 24.0. The molecule has 6 fully saturated rings. The number of benzene rings is 3. The van der Waals surface area contributed by atoms with E-state index < -0.39 is 5.82 Å². The van der Waals surface area contributed by atoms with E-state index in [0.29, 0.717) is 45.1 Å². The first-order chi connectivity index (χ1) is 25.7. The Morgan fingerprint density at radius 3 is 2.60 bits per heavy atom. The van der Waals surface area contributed by atoms with Gasteiger partial charge in [0.15, 0.2) is 5.82 Å². The number of pyridine rings is 1. The number of amides is 1. The van der Waals surface area contributed by atoms with Crippen molar-refractivity contribution in [3.63, 3.8) is 0 Å². The number of fused-ring (bicyclic) bond motifs is 6. The molecule has 7 nitrogen and oxygen atoms in total. The van der Waals surface area contributed by atoms with Gasteiger partial charge in [0.05, 0.1) is 39.8 Å². The van der Waals surface area contributed by atoms with E-state index in [1.54, 1.807) is 18.2 Å². The van der Waals surface area contributed by atoms with Crippen LogP contribution in [0.25, 0.3) is 32.9 Å². The van der Waals surface area contributed by atoms with Crippen LogP contribution in [0.15, 0.2) is 54.6 Å². The van der Waals surface area contributed by atoms with Gasteiger partial charge in [-0.3, -0.25) is 4.79 Å². The van der Waals surface area contributed by atoms with E-state index in [1.807, 2.05) is 31.2 Å². The highest BCUT2D eigenvalue weighted by Gasteiger charge is 2.55. The normalized spacial score (nSPS) is 26.0. The largest absolute Gasteiger partial charge is 0.369 e. The predicted molar refractivity (Wildman–Crippen MR) is 208 cm³/mol. The molecule has 6 unspecified atom stereocenters. The van der Waals surface area contributed by atoms with Crippen LogP contribution in [0.3, 0.4) is 0 Å². The third kappa shape index (κ3) is 5.22. The minimum Gasteiger partial charge on any atom is -0.369 e. The maximum atomic E-state index is 17.3. The Kier molecular flexibility index (Phi) is 8.00. The summed E-state index contributed by atoms with van der Waals surface area (Å²) in [6, 6.07) is 20.2. The number of hydrogen-bond donors (Lipinski definition) is 1. The summed E-state index contributed by atoms with van der Waals surface area (Å²) >= 11 is 19.6. The fraction of sp³-hybridized carbons (Fsp3) is 0.405. The quantitative estimate of drug-likeness (QED) is 0.179. The number of carbonyl (C=O) groups is 1. The number of nitriles is 1. The number of aromatic nitrogens is 2. The minimum absolute atomic E-state index is 0.0736. The zero-order valence-corrected chi connectivity index (χ0v) is 31.5. The molecule has 4 saturated heterocycles. The number of aryl methyl sites for hydroxylation is 2. The molecule has 53 heavy (non-hydrogen) atoms. The highest BCUT2D eigenvalue weighted by atomic mass is 35.5. The lowest BCUT2D eigenvalue weighted by Gasteiger charge is -2.40. The minimum atomic E-state index is -0.465. The van der Waals surface area contributed by atoms with Crippen molar-refractivity contribution in [2.75, 3.05) is 24.5 Å². The third-order valence-corrected chi connectivity index (χ3v) is 13.7. The standard InChI is InChI=1S/C42H38Cl3FN6O/c1-21-30-17-34(40-25-13-28(51(40)42(53)22-10-11-22)20-50(19-25)27-7-2-6-26(43)16-27)52(39-24-15-33(39)48-18-24)41(30)31-14-23(5-4-12-47)35(37(46)38(31)49-21)29-8-3-9-32(44)36(29)45/h2-3,6-9,14,16-17,22,24-25,28,33,39-40,48H,4-5,10-11,13,15,18-20H2,1H3. The molecule has 2 saturated carbocycles. The molecule has 3 aromatic carbocycles. The van der Waals surface area contributed by atoms with Gasteiger partial charge in [0.2, 0.25) is 5.91 Å². The summed E-state index contributed by atoms with van der Waals surface area (Å²) in [6.07, 6.45) is 4.47. The summed E-state index contributed by atoms with van der Waals surface area (Å²) in [7, 11) is 0. The summed E-state index contributed by atoms with van der Waals surface area (Å²) in [6.45, 7) is 4.45. The Labute approximate surface area is 322 Å². The highest BCUT2D eigenvalue weighted by Crippen LogP contribution is 2.54. The van der Waals surface area contributed by atoms with Crippen LogP contribution < -0.4 is 10.2 Å². The zero-order chi connectivity index (χ0) is 36.3. The third-order valence-electron chi connectivity index (χ3n) is 12.7. The van der Waals surface area contributed by atoms with Crippen molar-refractivity contribution in [3.05, 3.63) is 92.4 Å². The molecule has 270 valence electrons. The highest BCUT2D eigenvalue weighted by molar-refractivity contribution is 6.43. The van der Waals surface area contributed by atoms with E-state index in [9.17, 15) is 10.1 Å². The number of anilines is 1. The van der Waals surface area contributed by atoms with Crippen molar-refractivity contribution in [2.45, 2.75) is 69.6 Å². The second-order valence-electron chi connectivity index (χ2n) is 15.8. The van der Waals surface area contributed by atoms with Gasteiger partial charge in [-0.2, -0.15) is 5.26 Å². The molecule has 1 amide bonds. The lowest BCUT2D eigenvalue weighted by atomic mass is 9.79. The van der Waals surface area contributed by atoms with Gasteiger partial charge >= 0.3 is 0 Å². The first-order valence-electron chi connectivity index (χ1n) is 18.8. The fourth-order valence-electron chi connectivity index (χ4n) is 10.2. The lowest BCUT2D eigenvalue weighted by Crippen LogP contribution is -2.45. The van der Waals surface area contributed by atoms with Crippen LogP contribution >= 0.6 is 34.8 Å². The van der Waals surface area contributed by atoms with Crippen molar-refractivity contribution < 1.29 is 9.18 Å². The average Bonchev–Trinajstić information content (AvgIpc) is 3.43. The molecule has 1 N–H and O–H groups in total. The van der Waals surface area contributed by atoms with Crippen molar-refractivity contribution >= 4 is 68.2 Å². The van der Waals surface area contributed by atoms with Crippen molar-refractivity contribution in [3.8, 4) is 17.2 Å². The first-order valence-corrected chi connectivity index (χ1v) is 19.9. The SMILES string of the molecule is Cc1nc2c(F)c(-c3cccc(Cl)c3Cl)c(CCC#N)cc2c2c1cc(C1C3CC(CN(c4cccc(Cl)c4)C3)N1C(=O)C1CC1)n2C1C2CNC1C2. The van der Waals surface area contributed by atoms with Crippen molar-refractivity contribution in [2.24, 2.45) is 17.8 Å². The predicted octanol–water partition coefficient (Wildman–Crippen LogP) is 9.44. The summed E-state index contributed by atoms with van der Waals surface area (Å²) in [5.41, 5.74) is 5.68. The number of hydrogen-bond acceptors (Lipinski definition) is 5. The molecule has 4 bridgehead atoms. The molecular formula is C42H38Cl3FN6O. The number of carbonyl (C=O) groups excluding carboxylic acids is 1. The van der Waals surface area contributed by atoms with Crippen LogP contribution in [-0.2, 0) is 11.2 Å². The molecule has 5 aromatic rings. The van der Waals surface area contributed by atoms with E-state index in [1.165, 1.54) is 0 Å². The number of rotatable bonds is 7. The number of halogens is 4. The van der Waals surface area contributed by atoms with Crippen LogP contribution in [-0.4, -0.2) is 52.1 Å². The average molecular weight is 768 g/mol. The van der Waals surface area contributed by atoms with Gasteiger partial charge in [-0.1, -0.05) is 53.0 Å². The molecule has 0 radical (unpaired) electrons. The number of likely N-dealkylation sites (tertiary alicyclic amines) is 1. The topological polar surface area (TPSA) is 77.2 Å². The molecular weight excluding hydrogens is 730 g/mol. The molecule has 11 rings (SSSR count). The second-order valence-corrected chi connectivity index (χ2v) is 17.0. The number of nitrogens with one attached hydrogen (secondary N) is 1. The lowest BCUT2D eigenvalue weighted by molar-refractivity contribution is -0.135. The second kappa shape index (κ2) is 12.6.